The quantitative estimate of drug-likeness (QED) is 0.636. The molecule has 1 aliphatic rings. The number of rotatable bonds is 6. The lowest BCUT2D eigenvalue weighted by Crippen LogP contribution is -2.33. The Hall–Kier alpha value is -0.940. The van der Waals surface area contributed by atoms with Gasteiger partial charge in [-0.25, -0.2) is 0 Å². The largest absolute Gasteiger partial charge is 0.481 e. The van der Waals surface area contributed by atoms with Crippen LogP contribution >= 0.6 is 0 Å². The number of ketones is 1. The number of carbonyl (C=O) groups is 2. The molecule has 1 unspecified atom stereocenters. The van der Waals surface area contributed by atoms with Crippen LogP contribution in [-0.2, 0) is 9.59 Å². The molecule has 86 valence electrons. The van der Waals surface area contributed by atoms with Gasteiger partial charge in [0.1, 0.15) is 0 Å². The van der Waals surface area contributed by atoms with Crippen LogP contribution in [0.2, 0.25) is 0 Å². The highest BCUT2D eigenvalue weighted by molar-refractivity contribution is 5.86. The maximum absolute atomic E-state index is 11.3. The average Bonchev–Trinajstić information content (AvgIpc) is 2.58. The Kier molecular flexibility index (Phi) is 4.71. The summed E-state index contributed by atoms with van der Waals surface area (Å²) in [5.74, 6) is -0.501. The fraction of sp³-hybridized carbons (Fsp3) is 0.800. The Labute approximate surface area is 89.4 Å². The normalized spacial score (nSPS) is 21.2. The summed E-state index contributed by atoms with van der Waals surface area (Å²) in [6.45, 7) is 2.08. The van der Waals surface area contributed by atoms with Crippen LogP contribution in [0.4, 0.5) is 0 Å². The predicted molar refractivity (Wildman–Crippen MR) is 55.8 cm³/mol. The second-order valence-electron chi connectivity index (χ2n) is 3.96. The van der Waals surface area contributed by atoms with Crippen molar-refractivity contribution in [3.8, 4) is 0 Å². The fourth-order valence-electron chi connectivity index (χ4n) is 1.67. The van der Waals surface area contributed by atoms with Crippen molar-refractivity contribution in [3.05, 3.63) is 0 Å². The number of nitrogens with one attached hydrogen (secondary N) is 1. The van der Waals surface area contributed by atoms with Crippen LogP contribution in [0.1, 0.15) is 19.3 Å². The van der Waals surface area contributed by atoms with Gasteiger partial charge in [0.05, 0.1) is 12.5 Å². The number of Topliss-reactive ketones (excluding diaryl/α,β-unsaturated/α-hetero) is 1. The lowest BCUT2D eigenvalue weighted by molar-refractivity contribution is -0.137. The summed E-state index contributed by atoms with van der Waals surface area (Å²) < 4.78 is 0. The third kappa shape index (κ3) is 4.40. The van der Waals surface area contributed by atoms with Gasteiger partial charge in [-0.3, -0.25) is 9.59 Å². The van der Waals surface area contributed by atoms with Crippen LogP contribution in [-0.4, -0.2) is 54.5 Å². The van der Waals surface area contributed by atoms with Gasteiger partial charge in [-0.15, -0.1) is 0 Å². The molecule has 1 rings (SSSR count). The third-order valence-corrected chi connectivity index (χ3v) is 2.66. The van der Waals surface area contributed by atoms with Crippen LogP contribution in [0.25, 0.3) is 0 Å². The number of carboxylic acids is 1. The van der Waals surface area contributed by atoms with Crippen molar-refractivity contribution in [1.29, 1.82) is 0 Å². The van der Waals surface area contributed by atoms with E-state index in [0.717, 1.165) is 19.5 Å². The van der Waals surface area contributed by atoms with Gasteiger partial charge >= 0.3 is 5.97 Å². The highest BCUT2D eigenvalue weighted by Gasteiger charge is 2.23. The summed E-state index contributed by atoms with van der Waals surface area (Å²) in [6, 6.07) is -0.0164. The van der Waals surface area contributed by atoms with Gasteiger partial charge in [0.15, 0.2) is 5.78 Å². The van der Waals surface area contributed by atoms with E-state index >= 15 is 0 Å². The van der Waals surface area contributed by atoms with Gasteiger partial charge in [-0.2, -0.15) is 0 Å². The van der Waals surface area contributed by atoms with Crippen molar-refractivity contribution in [3.63, 3.8) is 0 Å². The molecule has 0 aliphatic carbocycles. The molecule has 1 fully saturated rings. The van der Waals surface area contributed by atoms with Crippen LogP contribution in [0.15, 0.2) is 0 Å². The Morgan fingerprint density at radius 1 is 1.60 bits per heavy atom. The van der Waals surface area contributed by atoms with Gasteiger partial charge in [-0.05, 0) is 20.0 Å². The molecule has 0 aromatic heterocycles. The van der Waals surface area contributed by atoms with Crippen molar-refractivity contribution in [2.24, 2.45) is 0 Å². The van der Waals surface area contributed by atoms with Gasteiger partial charge < -0.3 is 15.3 Å². The zero-order valence-corrected chi connectivity index (χ0v) is 9.03. The second-order valence-corrected chi connectivity index (χ2v) is 3.96. The van der Waals surface area contributed by atoms with Gasteiger partial charge in [0, 0.05) is 19.5 Å². The Morgan fingerprint density at radius 2 is 2.33 bits per heavy atom. The molecule has 5 heteroatoms. The fourth-order valence-corrected chi connectivity index (χ4v) is 1.67. The SMILES string of the molecule is CN(CCC(=O)O)CCC1NCCC1=O. The molecular formula is C10H18N2O3. The number of carbonyl (C=O) groups excluding carboxylic acids is 1. The molecule has 2 N–H and O–H groups in total. The van der Waals surface area contributed by atoms with Crippen LogP contribution < -0.4 is 5.32 Å². The van der Waals surface area contributed by atoms with Crippen molar-refractivity contribution < 1.29 is 14.7 Å². The van der Waals surface area contributed by atoms with E-state index in [9.17, 15) is 9.59 Å². The first-order valence-electron chi connectivity index (χ1n) is 5.26. The number of hydrogen-bond donors (Lipinski definition) is 2. The van der Waals surface area contributed by atoms with Gasteiger partial charge in [0.25, 0.3) is 0 Å². The Morgan fingerprint density at radius 3 is 2.87 bits per heavy atom. The molecule has 0 saturated carbocycles. The first-order chi connectivity index (χ1) is 7.09. The molecule has 0 aromatic rings. The molecule has 1 heterocycles. The number of nitrogens with zero attached hydrogens (tertiary/aromatic N) is 1. The molecular weight excluding hydrogens is 196 g/mol. The summed E-state index contributed by atoms with van der Waals surface area (Å²) in [7, 11) is 1.88. The zero-order valence-electron chi connectivity index (χ0n) is 9.03. The van der Waals surface area contributed by atoms with E-state index in [1.165, 1.54) is 0 Å². The van der Waals surface area contributed by atoms with E-state index in [4.69, 9.17) is 5.11 Å². The smallest absolute Gasteiger partial charge is 0.304 e. The molecule has 0 amide bonds. The lowest BCUT2D eigenvalue weighted by atomic mass is 10.1. The summed E-state index contributed by atoms with van der Waals surface area (Å²) >= 11 is 0. The molecule has 0 spiro atoms. The number of carboxylic acid groups (broad SMARTS) is 1. The first kappa shape index (κ1) is 12.1. The Balaban J connectivity index is 2.13. The molecule has 1 saturated heterocycles. The number of hydrogen-bond acceptors (Lipinski definition) is 4. The minimum Gasteiger partial charge on any atom is -0.481 e. The maximum atomic E-state index is 11.3. The van der Waals surface area contributed by atoms with Crippen molar-refractivity contribution in [1.82, 2.24) is 10.2 Å². The Bertz CT molecular complexity index is 243. The zero-order chi connectivity index (χ0) is 11.3. The van der Waals surface area contributed by atoms with Crippen molar-refractivity contribution >= 4 is 11.8 Å². The average molecular weight is 214 g/mol. The number of aliphatic carboxylic acids is 1. The topological polar surface area (TPSA) is 69.6 Å². The summed E-state index contributed by atoms with van der Waals surface area (Å²) in [6.07, 6.45) is 1.56. The van der Waals surface area contributed by atoms with E-state index in [1.807, 2.05) is 11.9 Å². The lowest BCUT2D eigenvalue weighted by Gasteiger charge is -2.17. The molecule has 0 radical (unpaired) electrons. The minimum absolute atomic E-state index is 0.0164. The molecule has 15 heavy (non-hydrogen) atoms. The highest BCUT2D eigenvalue weighted by Crippen LogP contribution is 2.05. The van der Waals surface area contributed by atoms with E-state index < -0.39 is 5.97 Å². The third-order valence-electron chi connectivity index (χ3n) is 2.66. The predicted octanol–water partition coefficient (Wildman–Crippen LogP) is -0.286. The first-order valence-corrected chi connectivity index (χ1v) is 5.26. The van der Waals surface area contributed by atoms with E-state index in [-0.39, 0.29) is 18.2 Å². The molecule has 5 nitrogen and oxygen atoms in total. The molecule has 1 aliphatic heterocycles. The molecule has 1 atom stereocenters. The van der Waals surface area contributed by atoms with Crippen LogP contribution in [0, 0.1) is 0 Å². The van der Waals surface area contributed by atoms with Gasteiger partial charge in [0.2, 0.25) is 0 Å². The summed E-state index contributed by atoms with van der Waals surface area (Å²) in [5, 5.41) is 11.6. The van der Waals surface area contributed by atoms with E-state index in [0.29, 0.717) is 13.0 Å². The van der Waals surface area contributed by atoms with Crippen LogP contribution in [0.5, 0.6) is 0 Å². The maximum Gasteiger partial charge on any atom is 0.304 e. The van der Waals surface area contributed by atoms with Crippen molar-refractivity contribution in [2.75, 3.05) is 26.7 Å². The standard InChI is InChI=1S/C10H18N2O3/c1-12(7-4-10(14)15)6-3-8-9(13)2-5-11-8/h8,11H,2-7H2,1H3,(H,14,15). The summed E-state index contributed by atoms with van der Waals surface area (Å²) in [4.78, 5) is 23.5. The second kappa shape index (κ2) is 5.82. The van der Waals surface area contributed by atoms with Crippen LogP contribution in [0.3, 0.4) is 0 Å². The van der Waals surface area contributed by atoms with Crippen molar-refractivity contribution in [2.45, 2.75) is 25.3 Å². The van der Waals surface area contributed by atoms with E-state index in [1.54, 1.807) is 0 Å². The van der Waals surface area contributed by atoms with Gasteiger partial charge in [-0.1, -0.05) is 0 Å². The monoisotopic (exact) mass is 214 g/mol. The molecule has 0 aromatic carbocycles. The molecule has 0 bridgehead atoms. The van der Waals surface area contributed by atoms with E-state index in [2.05, 4.69) is 5.32 Å². The highest BCUT2D eigenvalue weighted by atomic mass is 16.4. The minimum atomic E-state index is -0.781. The summed E-state index contributed by atoms with van der Waals surface area (Å²) in [5.41, 5.74) is 0.